The number of nitrogen functional groups attached to an aromatic ring is 1. The van der Waals surface area contributed by atoms with Crippen LogP contribution in [0.3, 0.4) is 0 Å². The molecule has 0 saturated carbocycles. The van der Waals surface area contributed by atoms with Crippen molar-refractivity contribution in [3.63, 3.8) is 0 Å². The molecule has 12 heavy (non-hydrogen) atoms. The lowest BCUT2D eigenvalue weighted by Gasteiger charge is -1.98. The zero-order valence-corrected chi connectivity index (χ0v) is 7.32. The van der Waals surface area contributed by atoms with Crippen molar-refractivity contribution in [1.82, 2.24) is 0 Å². The monoisotopic (exact) mass is 189 g/mol. The minimum atomic E-state index is -0.558. The maximum absolute atomic E-state index is 12.8. The van der Waals surface area contributed by atoms with Crippen LogP contribution in [0.15, 0.2) is 18.2 Å². The molecule has 0 aliphatic carbocycles. The third kappa shape index (κ3) is 2.20. The van der Waals surface area contributed by atoms with Crippen LogP contribution < -0.4 is 5.73 Å². The van der Waals surface area contributed by atoms with Gasteiger partial charge in [0.1, 0.15) is 5.82 Å². The van der Waals surface area contributed by atoms with Crippen LogP contribution in [0.4, 0.5) is 10.1 Å². The molecule has 1 aromatic carbocycles. The highest BCUT2D eigenvalue weighted by molar-refractivity contribution is 5.94. The average molecular weight is 190 g/mol. The summed E-state index contributed by atoms with van der Waals surface area (Å²) in [6, 6.07) is 4.02. The molecule has 1 aromatic rings. The van der Waals surface area contributed by atoms with E-state index in [-0.39, 0.29) is 23.8 Å². The van der Waals surface area contributed by atoms with E-state index in [2.05, 4.69) is 0 Å². The lowest BCUT2D eigenvalue weighted by molar-refractivity contribution is 0.101. The van der Waals surface area contributed by atoms with E-state index < -0.39 is 5.82 Å². The van der Waals surface area contributed by atoms with Crippen molar-refractivity contribution in [2.75, 3.05) is 5.73 Å². The Hall–Kier alpha value is -1.09. The summed E-state index contributed by atoms with van der Waals surface area (Å²) in [7, 11) is 0. The molecule has 0 aromatic heterocycles. The molecule has 0 radical (unpaired) electrons. The van der Waals surface area contributed by atoms with Gasteiger partial charge in [-0.05, 0) is 25.1 Å². The molecule has 0 heterocycles. The molecule has 0 atom stereocenters. The van der Waals surface area contributed by atoms with E-state index in [1.54, 1.807) is 0 Å². The topological polar surface area (TPSA) is 43.1 Å². The summed E-state index contributed by atoms with van der Waals surface area (Å²) in [6.45, 7) is 1.31. The Balaban J connectivity index is 0.00000121. The molecule has 0 bridgehead atoms. The second-order valence-corrected chi connectivity index (χ2v) is 2.30. The summed E-state index contributed by atoms with van der Waals surface area (Å²) in [6.07, 6.45) is 0. The molecule has 2 nitrogen and oxygen atoms in total. The van der Waals surface area contributed by atoms with Crippen molar-refractivity contribution >= 4 is 23.9 Å². The summed E-state index contributed by atoms with van der Waals surface area (Å²) in [5.74, 6) is -0.847. The SMILES string of the molecule is CC(=O)c1ccc(N)cc1F.Cl. The molecule has 1 rings (SSSR count). The van der Waals surface area contributed by atoms with Gasteiger partial charge in [0, 0.05) is 5.69 Å². The van der Waals surface area contributed by atoms with E-state index in [0.29, 0.717) is 5.69 Å². The molecule has 0 unspecified atom stereocenters. The van der Waals surface area contributed by atoms with Crippen LogP contribution in [0.5, 0.6) is 0 Å². The molecule has 4 heteroatoms. The number of benzene rings is 1. The van der Waals surface area contributed by atoms with Gasteiger partial charge in [-0.2, -0.15) is 0 Å². The lowest BCUT2D eigenvalue weighted by Crippen LogP contribution is -1.97. The van der Waals surface area contributed by atoms with Crippen LogP contribution in [0.1, 0.15) is 17.3 Å². The second kappa shape index (κ2) is 4.07. The first-order valence-electron chi connectivity index (χ1n) is 3.17. The van der Waals surface area contributed by atoms with Crippen LogP contribution in [0, 0.1) is 5.82 Å². The van der Waals surface area contributed by atoms with E-state index >= 15 is 0 Å². The fourth-order valence-electron chi connectivity index (χ4n) is 0.817. The Morgan fingerprint density at radius 3 is 2.50 bits per heavy atom. The van der Waals surface area contributed by atoms with Crippen LogP contribution in [-0.4, -0.2) is 5.78 Å². The smallest absolute Gasteiger partial charge is 0.162 e. The minimum absolute atomic E-state index is 0. The number of nitrogens with two attached hydrogens (primary N) is 1. The Morgan fingerprint density at radius 1 is 1.50 bits per heavy atom. The third-order valence-corrected chi connectivity index (χ3v) is 1.37. The van der Waals surface area contributed by atoms with Crippen LogP contribution in [0.25, 0.3) is 0 Å². The zero-order valence-electron chi connectivity index (χ0n) is 6.50. The number of Topliss-reactive ketones (excluding diaryl/α,β-unsaturated/α-hetero) is 1. The molecule has 0 aliphatic rings. The highest BCUT2D eigenvalue weighted by atomic mass is 35.5. The quantitative estimate of drug-likeness (QED) is 0.543. The van der Waals surface area contributed by atoms with Gasteiger partial charge in [0.25, 0.3) is 0 Å². The molecular weight excluding hydrogens is 181 g/mol. The number of ketones is 1. The van der Waals surface area contributed by atoms with E-state index in [4.69, 9.17) is 5.73 Å². The van der Waals surface area contributed by atoms with Crippen LogP contribution >= 0.6 is 12.4 Å². The van der Waals surface area contributed by atoms with Gasteiger partial charge in [-0.25, -0.2) is 4.39 Å². The van der Waals surface area contributed by atoms with E-state index in [9.17, 15) is 9.18 Å². The van der Waals surface area contributed by atoms with E-state index in [0.717, 1.165) is 6.07 Å². The van der Waals surface area contributed by atoms with Crippen molar-refractivity contribution in [2.45, 2.75) is 6.92 Å². The Bertz CT molecular complexity index is 301. The van der Waals surface area contributed by atoms with E-state index in [1.165, 1.54) is 19.1 Å². The Labute approximate surface area is 76.0 Å². The van der Waals surface area contributed by atoms with Gasteiger partial charge < -0.3 is 5.73 Å². The van der Waals surface area contributed by atoms with Gasteiger partial charge in [0.2, 0.25) is 0 Å². The number of anilines is 1. The number of halogens is 2. The van der Waals surface area contributed by atoms with Crippen molar-refractivity contribution in [1.29, 1.82) is 0 Å². The first-order chi connectivity index (χ1) is 5.11. The van der Waals surface area contributed by atoms with Gasteiger partial charge in [-0.3, -0.25) is 4.79 Å². The average Bonchev–Trinajstić information content (AvgIpc) is 1.85. The molecular formula is C8H9ClFNO. The standard InChI is InChI=1S/C8H8FNO.ClH/c1-5(11)7-3-2-6(10)4-8(7)9;/h2-4H,10H2,1H3;1H. The number of carbonyl (C=O) groups excluding carboxylic acids is 1. The lowest BCUT2D eigenvalue weighted by atomic mass is 10.1. The van der Waals surface area contributed by atoms with Crippen molar-refractivity contribution in [2.24, 2.45) is 0 Å². The fourth-order valence-corrected chi connectivity index (χ4v) is 0.817. The number of rotatable bonds is 1. The molecule has 2 N–H and O–H groups in total. The summed E-state index contributed by atoms with van der Waals surface area (Å²) in [5.41, 5.74) is 5.69. The van der Waals surface area contributed by atoms with E-state index in [1.807, 2.05) is 0 Å². The highest BCUT2D eigenvalue weighted by Crippen LogP contribution is 2.11. The van der Waals surface area contributed by atoms with Gasteiger partial charge in [0.05, 0.1) is 5.56 Å². The molecule has 66 valence electrons. The molecule has 0 spiro atoms. The van der Waals surface area contributed by atoms with Crippen molar-refractivity contribution in [3.05, 3.63) is 29.6 Å². The van der Waals surface area contributed by atoms with Gasteiger partial charge in [-0.15, -0.1) is 12.4 Å². The van der Waals surface area contributed by atoms with Gasteiger partial charge in [-0.1, -0.05) is 0 Å². The third-order valence-electron chi connectivity index (χ3n) is 1.37. The zero-order chi connectivity index (χ0) is 8.43. The van der Waals surface area contributed by atoms with Crippen molar-refractivity contribution < 1.29 is 9.18 Å². The first kappa shape index (κ1) is 10.9. The van der Waals surface area contributed by atoms with Crippen LogP contribution in [0.2, 0.25) is 0 Å². The Kier molecular flexibility index (Phi) is 3.70. The van der Waals surface area contributed by atoms with Crippen molar-refractivity contribution in [3.8, 4) is 0 Å². The largest absolute Gasteiger partial charge is 0.399 e. The summed E-state index contributed by atoms with van der Waals surface area (Å²) in [4.78, 5) is 10.7. The predicted molar refractivity (Wildman–Crippen MR) is 48.1 cm³/mol. The molecule has 0 aliphatic heterocycles. The summed E-state index contributed by atoms with van der Waals surface area (Å²) in [5, 5.41) is 0. The van der Waals surface area contributed by atoms with Crippen LogP contribution in [-0.2, 0) is 0 Å². The Morgan fingerprint density at radius 2 is 2.08 bits per heavy atom. The second-order valence-electron chi connectivity index (χ2n) is 2.30. The van der Waals surface area contributed by atoms with Gasteiger partial charge in [0.15, 0.2) is 5.78 Å². The predicted octanol–water partition coefficient (Wildman–Crippen LogP) is 2.03. The fraction of sp³-hybridized carbons (Fsp3) is 0.125. The number of hydrogen-bond acceptors (Lipinski definition) is 2. The molecule has 0 fully saturated rings. The minimum Gasteiger partial charge on any atom is -0.399 e. The number of hydrogen-bond donors (Lipinski definition) is 1. The maximum Gasteiger partial charge on any atom is 0.162 e. The molecule has 0 amide bonds. The normalized spacial score (nSPS) is 8.83. The molecule has 0 saturated heterocycles. The van der Waals surface area contributed by atoms with Gasteiger partial charge >= 0.3 is 0 Å². The summed E-state index contributed by atoms with van der Waals surface area (Å²) >= 11 is 0. The summed E-state index contributed by atoms with van der Waals surface area (Å²) < 4.78 is 12.8. The highest BCUT2D eigenvalue weighted by Gasteiger charge is 2.05. The number of carbonyl (C=O) groups is 1. The first-order valence-corrected chi connectivity index (χ1v) is 3.17. The maximum atomic E-state index is 12.8.